The van der Waals surface area contributed by atoms with E-state index in [0.717, 1.165) is 0 Å². The summed E-state index contributed by atoms with van der Waals surface area (Å²) < 4.78 is 0. The summed E-state index contributed by atoms with van der Waals surface area (Å²) in [4.78, 5) is 0. The summed E-state index contributed by atoms with van der Waals surface area (Å²) in [6.45, 7) is 10.0. The Labute approximate surface area is 76.7 Å². The van der Waals surface area contributed by atoms with Crippen LogP contribution >= 0.6 is 37.7 Å². The van der Waals surface area contributed by atoms with Gasteiger partial charge in [-0.15, -0.1) is 0 Å². The van der Waals surface area contributed by atoms with E-state index in [9.17, 15) is 0 Å². The maximum absolute atomic E-state index is 5.03. The van der Waals surface area contributed by atoms with E-state index in [2.05, 4.69) is 13.8 Å². The topological polar surface area (TPSA) is 0 Å². The van der Waals surface area contributed by atoms with Crippen molar-refractivity contribution in [2.45, 2.75) is 13.8 Å². The molecule has 0 atom stereocenters. The van der Waals surface area contributed by atoms with Crippen LogP contribution in [0.1, 0.15) is 13.8 Å². The van der Waals surface area contributed by atoms with Gasteiger partial charge in [-0.2, -0.15) is 13.8 Å². The van der Waals surface area contributed by atoms with Crippen molar-refractivity contribution >= 4 is 37.7 Å². The third kappa shape index (κ3) is 178. The van der Waals surface area contributed by atoms with Gasteiger partial charge >= 0.3 is 49.6 Å². The first-order valence-corrected chi connectivity index (χ1v) is 16.6. The SMILES string of the molecule is [CH2-]C.[CH2-]C.[Cl][W]([Cl])([Cl])[Cl]. The zero-order valence-electron chi connectivity index (χ0n) is 5.33. The third-order valence-corrected chi connectivity index (χ3v) is 0. The van der Waals surface area contributed by atoms with Crippen molar-refractivity contribution in [3.05, 3.63) is 13.8 Å². The minimum absolute atomic E-state index is 1.75. The molecule has 0 amide bonds. The van der Waals surface area contributed by atoms with E-state index in [0.29, 0.717) is 0 Å². The minimum atomic E-state index is -3.28. The number of halogens is 4. The molecule has 0 unspecified atom stereocenters. The molecule has 0 aliphatic rings. The number of rotatable bonds is 0. The molecule has 0 aromatic heterocycles. The van der Waals surface area contributed by atoms with Crippen molar-refractivity contribution in [3.8, 4) is 0 Å². The Morgan fingerprint density at radius 2 is 0.778 bits per heavy atom. The van der Waals surface area contributed by atoms with Crippen LogP contribution in [0.25, 0.3) is 0 Å². The van der Waals surface area contributed by atoms with Gasteiger partial charge in [0, 0.05) is 0 Å². The van der Waals surface area contributed by atoms with E-state index < -0.39 is 11.9 Å². The van der Waals surface area contributed by atoms with Gasteiger partial charge in [0.05, 0.1) is 0 Å². The molecule has 62 valence electrons. The van der Waals surface area contributed by atoms with Gasteiger partial charge in [-0.1, -0.05) is 0 Å². The first kappa shape index (κ1) is 17.1. The monoisotopic (exact) mass is 382 g/mol. The Morgan fingerprint density at radius 1 is 0.778 bits per heavy atom. The molecule has 5 heteroatoms. The van der Waals surface area contributed by atoms with Gasteiger partial charge in [-0.3, -0.25) is 0 Å². The quantitative estimate of drug-likeness (QED) is 0.543. The van der Waals surface area contributed by atoms with Gasteiger partial charge in [-0.25, -0.2) is 0 Å². The average molecular weight is 384 g/mol. The molecule has 0 aromatic rings. The van der Waals surface area contributed by atoms with E-state index in [-0.39, 0.29) is 0 Å². The Balaban J connectivity index is -0.0000000771. The fourth-order valence-corrected chi connectivity index (χ4v) is 0. The van der Waals surface area contributed by atoms with Gasteiger partial charge in [0.25, 0.3) is 0 Å². The van der Waals surface area contributed by atoms with Crippen LogP contribution in [0.15, 0.2) is 0 Å². The van der Waals surface area contributed by atoms with Crippen molar-refractivity contribution in [2.75, 3.05) is 0 Å². The van der Waals surface area contributed by atoms with Crippen molar-refractivity contribution in [2.24, 2.45) is 0 Å². The normalized spacial score (nSPS) is 9.78. The summed E-state index contributed by atoms with van der Waals surface area (Å²) in [5, 5.41) is 0. The summed E-state index contributed by atoms with van der Waals surface area (Å²) in [5.74, 6) is 0. The zero-order chi connectivity index (χ0) is 8.50. The van der Waals surface area contributed by atoms with E-state index >= 15 is 0 Å². The van der Waals surface area contributed by atoms with E-state index in [1.165, 1.54) is 0 Å². The maximum atomic E-state index is 5.03. The molecule has 0 fully saturated rings. The molecule has 0 rings (SSSR count). The zero-order valence-corrected chi connectivity index (χ0v) is 11.3. The first-order chi connectivity index (χ1) is 4.00. The molecule has 0 bridgehead atoms. The second-order valence-corrected chi connectivity index (χ2v) is 25.8. The van der Waals surface area contributed by atoms with E-state index in [4.69, 9.17) is 37.7 Å². The van der Waals surface area contributed by atoms with Gasteiger partial charge in [0.2, 0.25) is 0 Å². The molecule has 0 N–H and O–H groups in total. The van der Waals surface area contributed by atoms with Crippen molar-refractivity contribution in [1.29, 1.82) is 0 Å². The van der Waals surface area contributed by atoms with Crippen molar-refractivity contribution in [1.82, 2.24) is 0 Å². The first-order valence-electron chi connectivity index (χ1n) is 2.03. The van der Waals surface area contributed by atoms with Gasteiger partial charge in [0.15, 0.2) is 0 Å². The third-order valence-electron chi connectivity index (χ3n) is 0. The Bertz CT molecular complexity index is 28.0. The summed E-state index contributed by atoms with van der Waals surface area (Å²) in [6, 6.07) is 0. The van der Waals surface area contributed by atoms with Crippen LogP contribution in [0.4, 0.5) is 0 Å². The number of hydrogen-bond donors (Lipinski definition) is 0. The predicted molar refractivity (Wildman–Crippen MR) is 45.5 cm³/mol. The van der Waals surface area contributed by atoms with Crippen LogP contribution < -0.4 is 0 Å². The van der Waals surface area contributed by atoms with Gasteiger partial charge in [-0.05, 0) is 0 Å². The molecular weight excluding hydrogens is 374 g/mol. The summed E-state index contributed by atoms with van der Waals surface area (Å²) in [6.07, 6.45) is 0. The van der Waals surface area contributed by atoms with Crippen LogP contribution in [0, 0.1) is 13.8 Å². The molecule has 0 aromatic carbocycles. The molecule has 0 saturated heterocycles. The van der Waals surface area contributed by atoms with E-state index in [1.807, 2.05) is 0 Å². The average Bonchev–Trinajstić information content (AvgIpc) is 1.72. The molecule has 0 heterocycles. The molecule has 0 nitrogen and oxygen atoms in total. The fourth-order valence-electron chi connectivity index (χ4n) is 0. The van der Waals surface area contributed by atoms with E-state index in [1.54, 1.807) is 13.8 Å². The van der Waals surface area contributed by atoms with Crippen molar-refractivity contribution < 1.29 is 11.9 Å². The standard InChI is InChI=1S/2C2H5.4ClH.W/c2*1-2;;;;;/h2*1H2,2H3;4*1H;/q2*-1;;;;;+4/p-4. The fraction of sp³-hybridized carbons (Fsp3) is 0.500. The molecule has 0 aliphatic heterocycles. The molecule has 9 heavy (non-hydrogen) atoms. The molecule has 0 spiro atoms. The van der Waals surface area contributed by atoms with Gasteiger partial charge < -0.3 is 13.8 Å². The Kier molecular flexibility index (Phi) is 23.8. The van der Waals surface area contributed by atoms with Crippen LogP contribution in [0.5, 0.6) is 0 Å². The van der Waals surface area contributed by atoms with Crippen LogP contribution in [0.3, 0.4) is 0 Å². The van der Waals surface area contributed by atoms with Crippen LogP contribution in [-0.4, -0.2) is 0 Å². The second-order valence-electron chi connectivity index (χ2n) is 0.350. The molecule has 0 radical (unpaired) electrons. The summed E-state index contributed by atoms with van der Waals surface area (Å²) in [7, 11) is 20.1. The van der Waals surface area contributed by atoms with Crippen LogP contribution in [0.2, 0.25) is 0 Å². The molecule has 0 saturated carbocycles. The second kappa shape index (κ2) is 12.5. The van der Waals surface area contributed by atoms with Gasteiger partial charge in [0.1, 0.15) is 0 Å². The number of hydrogen-bond acceptors (Lipinski definition) is 0. The molecular formula is C4H10Cl4W-2. The Morgan fingerprint density at radius 3 is 0.778 bits per heavy atom. The summed E-state index contributed by atoms with van der Waals surface area (Å²) >= 11 is -3.28. The van der Waals surface area contributed by atoms with Crippen LogP contribution in [-0.2, 0) is 11.9 Å². The molecule has 0 aliphatic carbocycles. The summed E-state index contributed by atoms with van der Waals surface area (Å²) in [5.41, 5.74) is 0. The van der Waals surface area contributed by atoms with Crippen molar-refractivity contribution in [3.63, 3.8) is 0 Å². The Hall–Kier alpha value is 1.85. The predicted octanol–water partition coefficient (Wildman–Crippen LogP) is 4.44.